The van der Waals surface area contributed by atoms with Gasteiger partial charge in [-0.15, -0.1) is 0 Å². The zero-order valence-corrected chi connectivity index (χ0v) is 9.16. The summed E-state index contributed by atoms with van der Waals surface area (Å²) in [5, 5.41) is 0. The van der Waals surface area contributed by atoms with E-state index in [0.29, 0.717) is 0 Å². The fourth-order valence-corrected chi connectivity index (χ4v) is 1.43. The molecule has 0 spiro atoms. The molecule has 0 amide bonds. The van der Waals surface area contributed by atoms with E-state index in [-0.39, 0.29) is 0 Å². The van der Waals surface area contributed by atoms with Crippen molar-refractivity contribution in [3.05, 3.63) is 41.6 Å². The van der Waals surface area contributed by atoms with Crippen molar-refractivity contribution in [3.63, 3.8) is 0 Å². The minimum absolute atomic E-state index is 0.742. The van der Waals surface area contributed by atoms with Crippen LogP contribution in [0.2, 0.25) is 0 Å². The summed E-state index contributed by atoms with van der Waals surface area (Å²) >= 11 is 0. The number of hydrogen-bond acceptors (Lipinski definition) is 3. The third-order valence-corrected chi connectivity index (χ3v) is 2.36. The first-order chi connectivity index (χ1) is 7.29. The molecule has 0 unspecified atom stereocenters. The van der Waals surface area contributed by atoms with Gasteiger partial charge in [0, 0.05) is 5.70 Å². The summed E-state index contributed by atoms with van der Waals surface area (Å²) in [4.78, 5) is 0. The lowest BCUT2D eigenvalue weighted by atomic mass is 10.1. The van der Waals surface area contributed by atoms with Crippen LogP contribution >= 0.6 is 0 Å². The summed E-state index contributed by atoms with van der Waals surface area (Å²) in [6.45, 7) is 2.15. The summed E-state index contributed by atoms with van der Waals surface area (Å²) in [7, 11) is 0. The van der Waals surface area contributed by atoms with Crippen LogP contribution in [0.4, 0.5) is 0 Å². The van der Waals surface area contributed by atoms with Gasteiger partial charge in [-0.1, -0.05) is 43.7 Å². The van der Waals surface area contributed by atoms with Gasteiger partial charge in [0.2, 0.25) is 0 Å². The molecule has 1 rings (SSSR count). The van der Waals surface area contributed by atoms with E-state index in [9.17, 15) is 0 Å². The molecule has 0 saturated heterocycles. The molecule has 0 aliphatic heterocycles. The summed E-state index contributed by atoms with van der Waals surface area (Å²) in [5.41, 5.74) is 11.4. The molecule has 15 heavy (non-hydrogen) atoms. The minimum Gasteiger partial charge on any atom is -0.397 e. The Morgan fingerprint density at radius 2 is 1.93 bits per heavy atom. The molecule has 0 aliphatic rings. The largest absolute Gasteiger partial charge is 0.397 e. The Labute approximate surface area is 91.1 Å². The van der Waals surface area contributed by atoms with Crippen LogP contribution in [0.1, 0.15) is 31.7 Å². The van der Waals surface area contributed by atoms with E-state index >= 15 is 0 Å². The highest BCUT2D eigenvalue weighted by molar-refractivity contribution is 5.65. The molecule has 0 fully saturated rings. The Bertz CT molecular complexity index is 317. The van der Waals surface area contributed by atoms with Gasteiger partial charge >= 0.3 is 0 Å². The minimum atomic E-state index is 0.742. The standard InChI is InChI=1S/C12H19N3/c1-2-3-9-11(15-14)12(13)10-7-5-4-6-8-10/h4-8,15H,2-3,9,13-14H2,1H3/b12-11-. The second-order valence-electron chi connectivity index (χ2n) is 3.51. The summed E-state index contributed by atoms with van der Waals surface area (Å²) in [6, 6.07) is 9.88. The monoisotopic (exact) mass is 205 g/mol. The van der Waals surface area contributed by atoms with Crippen LogP contribution in [0, 0.1) is 0 Å². The first-order valence-electron chi connectivity index (χ1n) is 5.30. The Hall–Kier alpha value is -1.48. The molecule has 1 aromatic carbocycles. The van der Waals surface area contributed by atoms with Crippen LogP contribution < -0.4 is 17.0 Å². The van der Waals surface area contributed by atoms with Crippen LogP contribution in [-0.4, -0.2) is 0 Å². The van der Waals surface area contributed by atoms with Crippen molar-refractivity contribution in [3.8, 4) is 0 Å². The molecule has 0 aromatic heterocycles. The highest BCUT2D eigenvalue weighted by Gasteiger charge is 2.03. The molecule has 3 heteroatoms. The number of nitrogens with two attached hydrogens (primary N) is 2. The zero-order chi connectivity index (χ0) is 11.1. The lowest BCUT2D eigenvalue weighted by Crippen LogP contribution is -2.24. The number of unbranched alkanes of at least 4 members (excludes halogenated alkanes) is 1. The second-order valence-corrected chi connectivity index (χ2v) is 3.51. The van der Waals surface area contributed by atoms with E-state index < -0.39 is 0 Å². The number of hydrogen-bond donors (Lipinski definition) is 3. The molecule has 0 atom stereocenters. The van der Waals surface area contributed by atoms with E-state index in [0.717, 1.165) is 36.2 Å². The number of allylic oxidation sites excluding steroid dienone is 1. The molecule has 0 radical (unpaired) electrons. The van der Waals surface area contributed by atoms with E-state index in [4.69, 9.17) is 11.6 Å². The molecule has 1 aromatic rings. The van der Waals surface area contributed by atoms with Crippen molar-refractivity contribution in [2.75, 3.05) is 0 Å². The number of benzene rings is 1. The predicted octanol–water partition coefficient (Wildman–Crippen LogP) is 1.97. The van der Waals surface area contributed by atoms with Gasteiger partial charge < -0.3 is 11.2 Å². The maximum Gasteiger partial charge on any atom is 0.0594 e. The number of rotatable bonds is 5. The third-order valence-electron chi connectivity index (χ3n) is 2.36. The molecule has 3 nitrogen and oxygen atoms in total. The maximum absolute atomic E-state index is 6.03. The highest BCUT2D eigenvalue weighted by atomic mass is 15.2. The Kier molecular flexibility index (Phi) is 4.71. The normalized spacial score (nSPS) is 12.1. The van der Waals surface area contributed by atoms with Crippen molar-refractivity contribution in [1.82, 2.24) is 5.43 Å². The van der Waals surface area contributed by atoms with Gasteiger partial charge in [0.05, 0.1) is 5.70 Å². The first-order valence-corrected chi connectivity index (χ1v) is 5.30. The summed E-state index contributed by atoms with van der Waals surface area (Å²) in [6.07, 6.45) is 3.12. The zero-order valence-electron chi connectivity index (χ0n) is 9.16. The predicted molar refractivity (Wildman–Crippen MR) is 64.4 cm³/mol. The molecule has 5 N–H and O–H groups in total. The fourth-order valence-electron chi connectivity index (χ4n) is 1.43. The molecular formula is C12H19N3. The van der Waals surface area contributed by atoms with Crippen LogP contribution in [0.3, 0.4) is 0 Å². The lowest BCUT2D eigenvalue weighted by molar-refractivity contribution is 0.722. The van der Waals surface area contributed by atoms with Gasteiger partial charge in [0.1, 0.15) is 0 Å². The summed E-state index contributed by atoms with van der Waals surface area (Å²) in [5.74, 6) is 5.46. The van der Waals surface area contributed by atoms with Gasteiger partial charge in [0.25, 0.3) is 0 Å². The maximum atomic E-state index is 6.03. The van der Waals surface area contributed by atoms with Gasteiger partial charge in [-0.05, 0) is 18.4 Å². The summed E-state index contributed by atoms with van der Waals surface area (Å²) < 4.78 is 0. The lowest BCUT2D eigenvalue weighted by Gasteiger charge is -2.11. The number of nitrogens with one attached hydrogen (secondary N) is 1. The van der Waals surface area contributed by atoms with E-state index in [2.05, 4.69) is 12.3 Å². The molecule has 0 aliphatic carbocycles. The van der Waals surface area contributed by atoms with Crippen LogP contribution in [0.25, 0.3) is 5.70 Å². The van der Waals surface area contributed by atoms with E-state index in [1.54, 1.807) is 0 Å². The van der Waals surface area contributed by atoms with Crippen LogP contribution in [0.15, 0.2) is 36.0 Å². The number of hydrazine groups is 1. The second kappa shape index (κ2) is 6.09. The highest BCUT2D eigenvalue weighted by Crippen LogP contribution is 2.15. The topological polar surface area (TPSA) is 64.1 Å². The van der Waals surface area contributed by atoms with E-state index in [1.165, 1.54) is 0 Å². The average molecular weight is 205 g/mol. The Morgan fingerprint density at radius 1 is 1.27 bits per heavy atom. The van der Waals surface area contributed by atoms with E-state index in [1.807, 2.05) is 30.3 Å². The molecule has 0 bridgehead atoms. The Morgan fingerprint density at radius 3 is 2.47 bits per heavy atom. The van der Waals surface area contributed by atoms with Crippen molar-refractivity contribution >= 4 is 5.70 Å². The molecule has 0 saturated carbocycles. The average Bonchev–Trinajstić information content (AvgIpc) is 2.31. The van der Waals surface area contributed by atoms with Crippen LogP contribution in [-0.2, 0) is 0 Å². The smallest absolute Gasteiger partial charge is 0.0594 e. The van der Waals surface area contributed by atoms with Crippen molar-refractivity contribution in [2.24, 2.45) is 11.6 Å². The SMILES string of the molecule is CCCC/C(NN)=C(/N)c1ccccc1. The molecule has 82 valence electrons. The third kappa shape index (κ3) is 3.29. The van der Waals surface area contributed by atoms with Gasteiger partial charge in [0.15, 0.2) is 0 Å². The first kappa shape index (κ1) is 11.6. The molecular weight excluding hydrogens is 186 g/mol. The van der Waals surface area contributed by atoms with Gasteiger partial charge in [-0.25, -0.2) is 0 Å². The van der Waals surface area contributed by atoms with Crippen LogP contribution in [0.5, 0.6) is 0 Å². The van der Waals surface area contributed by atoms with Crippen molar-refractivity contribution in [2.45, 2.75) is 26.2 Å². The van der Waals surface area contributed by atoms with Gasteiger partial charge in [-0.3, -0.25) is 5.84 Å². The fraction of sp³-hybridized carbons (Fsp3) is 0.333. The quantitative estimate of drug-likeness (QED) is 0.508. The van der Waals surface area contributed by atoms with Crippen molar-refractivity contribution in [1.29, 1.82) is 0 Å². The molecule has 0 heterocycles. The van der Waals surface area contributed by atoms with Crippen molar-refractivity contribution < 1.29 is 0 Å². The Balaban J connectivity index is 2.85. The van der Waals surface area contributed by atoms with Gasteiger partial charge in [-0.2, -0.15) is 0 Å².